The molecule has 1 aliphatic heterocycles. The van der Waals surface area contributed by atoms with Gasteiger partial charge in [-0.3, -0.25) is 13.9 Å². The molecule has 2 aromatic heterocycles. The highest BCUT2D eigenvalue weighted by Gasteiger charge is 2.49. The number of hydrogen-bond acceptors (Lipinski definition) is 14. The van der Waals surface area contributed by atoms with E-state index in [0.29, 0.717) is 0 Å². The fourth-order valence-corrected chi connectivity index (χ4v) is 6.10. The number of alkyl carbamates (subject to hydrolysis) is 1. The van der Waals surface area contributed by atoms with Crippen LogP contribution in [0.3, 0.4) is 0 Å². The first-order valence-corrected chi connectivity index (χ1v) is 14.3. The zero-order valence-electron chi connectivity index (χ0n) is 18.2. The topological polar surface area (TPSA) is 317 Å². The third-order valence-corrected chi connectivity index (χ3v) is 8.23. The third-order valence-electron chi connectivity index (χ3n) is 4.43. The van der Waals surface area contributed by atoms with E-state index in [1.165, 1.54) is 0 Å². The molecule has 2 unspecified atom stereocenters. The molecule has 1 aliphatic rings. The second kappa shape index (κ2) is 11.3. The summed E-state index contributed by atoms with van der Waals surface area (Å²) in [6, 6.07) is 0. The van der Waals surface area contributed by atoms with E-state index in [9.17, 15) is 38.2 Å². The van der Waals surface area contributed by atoms with Gasteiger partial charge in [0.2, 0.25) is 0 Å². The van der Waals surface area contributed by atoms with Crippen LogP contribution >= 0.6 is 23.5 Å². The van der Waals surface area contributed by atoms with Crippen LogP contribution in [0.2, 0.25) is 0 Å². The van der Waals surface area contributed by atoms with Crippen LogP contribution in [0.1, 0.15) is 6.23 Å². The van der Waals surface area contributed by atoms with E-state index >= 15 is 0 Å². The molecule has 0 aromatic carbocycles. The summed E-state index contributed by atoms with van der Waals surface area (Å²) in [5, 5.41) is 13.0. The van der Waals surface area contributed by atoms with E-state index in [1.54, 1.807) is 0 Å². The molecule has 37 heavy (non-hydrogen) atoms. The average molecular weight is 594 g/mol. The summed E-state index contributed by atoms with van der Waals surface area (Å²) in [5.41, 5.74) is 4.50. The van der Waals surface area contributed by atoms with Gasteiger partial charge in [0.15, 0.2) is 23.5 Å². The van der Waals surface area contributed by atoms with Gasteiger partial charge in [0.05, 0.1) is 19.3 Å². The second-order valence-electron chi connectivity index (χ2n) is 7.08. The van der Waals surface area contributed by atoms with Crippen molar-refractivity contribution in [2.45, 2.75) is 24.5 Å². The second-order valence-corrected chi connectivity index (χ2v) is 11.5. The molecular weight excluding hydrogens is 573 g/mol. The molecule has 21 nitrogen and oxygen atoms in total. The maximum Gasteiger partial charge on any atom is 0.490 e. The van der Waals surface area contributed by atoms with Crippen LogP contribution in [-0.4, -0.2) is 88.3 Å². The lowest BCUT2D eigenvalue weighted by Gasteiger charge is -2.22. The number of nitrogens with two attached hydrogens (primary N) is 1. The highest BCUT2D eigenvalue weighted by atomic mass is 31.3. The number of H-pyrrole nitrogens is 1. The molecule has 3 rings (SSSR count). The number of nitrogens with one attached hydrogen (secondary N) is 2. The van der Waals surface area contributed by atoms with E-state index < -0.39 is 66.3 Å². The Balaban J connectivity index is 1.81. The quantitative estimate of drug-likeness (QED) is 0.128. The first-order chi connectivity index (χ1) is 17.1. The molecule has 0 radical (unpaired) electrons. The molecule has 0 saturated carbocycles. The maximum absolute atomic E-state index is 12.1. The molecule has 0 bridgehead atoms. The third kappa shape index (κ3) is 7.71. The van der Waals surface area contributed by atoms with E-state index in [1.807, 2.05) is 0 Å². The Morgan fingerprint density at radius 1 is 1.19 bits per heavy atom. The van der Waals surface area contributed by atoms with E-state index in [-0.39, 0.29) is 24.3 Å². The predicted molar refractivity (Wildman–Crippen MR) is 115 cm³/mol. The molecule has 24 heteroatoms. The molecule has 2 aromatic rings. The normalized spacial score (nSPS) is 25.5. The summed E-state index contributed by atoms with van der Waals surface area (Å²) < 4.78 is 57.8. The number of aliphatic hydroxyl groups is 1. The maximum atomic E-state index is 12.1. The van der Waals surface area contributed by atoms with E-state index in [2.05, 4.69) is 33.4 Å². The van der Waals surface area contributed by atoms with Gasteiger partial charge in [0.25, 0.3) is 5.56 Å². The Hall–Kier alpha value is -2.09. The summed E-state index contributed by atoms with van der Waals surface area (Å²) in [6.07, 6.45) is -5.24. The Morgan fingerprint density at radius 3 is 2.54 bits per heavy atom. The van der Waals surface area contributed by atoms with Crippen molar-refractivity contribution >= 4 is 40.7 Å². The molecule has 0 spiro atoms. The molecule has 0 aliphatic carbocycles. The van der Waals surface area contributed by atoms with Gasteiger partial charge >= 0.3 is 29.6 Å². The number of phosphoric ester groups is 1. The summed E-state index contributed by atoms with van der Waals surface area (Å²) in [4.78, 5) is 70.3. The van der Waals surface area contributed by atoms with Crippen LogP contribution in [0.5, 0.6) is 0 Å². The van der Waals surface area contributed by atoms with Crippen molar-refractivity contribution in [3.05, 3.63) is 23.0 Å². The number of aliphatic hydroxyl groups excluding tert-OH is 1. The molecule has 6 atom stereocenters. The smallest absolute Gasteiger partial charge is 0.439 e. The van der Waals surface area contributed by atoms with Crippen molar-refractivity contribution in [3.8, 4) is 0 Å². The van der Waals surface area contributed by atoms with Gasteiger partial charge in [-0.25, -0.2) is 28.5 Å². The van der Waals surface area contributed by atoms with E-state index in [4.69, 9.17) is 25.0 Å². The van der Waals surface area contributed by atoms with Crippen molar-refractivity contribution in [2.75, 3.05) is 19.7 Å². The molecule has 1 amide bonds. The molecule has 3 heterocycles. The van der Waals surface area contributed by atoms with Crippen molar-refractivity contribution in [1.82, 2.24) is 24.8 Å². The molecule has 1 saturated heterocycles. The van der Waals surface area contributed by atoms with Gasteiger partial charge in [-0.15, -0.1) is 0 Å². The number of aromatic nitrogens is 4. The minimum absolute atomic E-state index is 0.00752. The fourth-order valence-electron chi connectivity index (χ4n) is 3.07. The Bertz CT molecular complexity index is 1330. The highest BCUT2D eigenvalue weighted by Crippen LogP contribution is 2.66. The van der Waals surface area contributed by atoms with Gasteiger partial charge in [-0.2, -0.15) is 8.62 Å². The van der Waals surface area contributed by atoms with Gasteiger partial charge in [0, 0.05) is 13.1 Å². The van der Waals surface area contributed by atoms with E-state index in [0.717, 1.165) is 17.2 Å². The predicted octanol–water partition coefficient (Wildman–Crippen LogP) is -2.23. The number of rotatable bonds is 11. The zero-order valence-corrected chi connectivity index (χ0v) is 20.8. The Labute approximate surface area is 205 Å². The van der Waals surface area contributed by atoms with Crippen LogP contribution in [0.15, 0.2) is 17.4 Å². The SMILES string of the molecule is NCCNC(=O)O[C@@H]1[C@H](O)[C@@H](COP(=O)(O)OP(=O)(O)OP(=O)(O)O)O[C@H]1n1cnc2c(=O)[nH]cnc21. The Morgan fingerprint density at radius 2 is 1.89 bits per heavy atom. The van der Waals surface area contributed by atoms with Gasteiger partial charge < -0.3 is 50.2 Å². The molecule has 208 valence electrons. The molecular formula is C13H21N6O15P3. The summed E-state index contributed by atoms with van der Waals surface area (Å²) >= 11 is 0. The standard InChI is InChI=1S/C13H21N6O15P3/c14-1-2-15-13(22)32-9-8(20)6(3-30-36(26,27)34-37(28,29)33-35(23,24)25)31-12(9)19-5-18-7-10(19)16-4-17-11(7)21/h4-6,8-9,12,20H,1-3,14H2,(H,15,22)(H,26,27)(H,28,29)(H,16,17,21)(H2,23,24,25)/t6-,8-,9-,12-/m1/s1. The number of nitrogens with zero attached hydrogens (tertiary/aromatic N) is 3. The summed E-state index contributed by atoms with van der Waals surface area (Å²) in [6.45, 7) is -0.982. The van der Waals surface area contributed by atoms with Crippen molar-refractivity contribution in [1.29, 1.82) is 0 Å². The van der Waals surface area contributed by atoms with Crippen molar-refractivity contribution < 1.29 is 65.8 Å². The van der Waals surface area contributed by atoms with Crippen LogP contribution in [0, 0.1) is 0 Å². The van der Waals surface area contributed by atoms with Gasteiger partial charge in [-0.1, -0.05) is 0 Å². The number of ether oxygens (including phenoxy) is 2. The number of carbonyl (C=O) groups is 1. The zero-order chi connectivity index (χ0) is 27.6. The number of carbonyl (C=O) groups excluding carboxylic acids is 1. The van der Waals surface area contributed by atoms with Crippen LogP contribution in [0.4, 0.5) is 4.79 Å². The van der Waals surface area contributed by atoms with Crippen molar-refractivity contribution in [2.24, 2.45) is 5.73 Å². The largest absolute Gasteiger partial charge is 0.490 e. The first-order valence-electron chi connectivity index (χ1n) is 9.79. The minimum Gasteiger partial charge on any atom is -0.439 e. The Kier molecular flexibility index (Phi) is 9.03. The average Bonchev–Trinajstić information content (AvgIpc) is 3.31. The lowest BCUT2D eigenvalue weighted by atomic mass is 10.1. The van der Waals surface area contributed by atoms with Gasteiger partial charge in [-0.05, 0) is 0 Å². The van der Waals surface area contributed by atoms with Crippen LogP contribution < -0.4 is 16.6 Å². The number of amides is 1. The lowest BCUT2D eigenvalue weighted by molar-refractivity contribution is -0.0522. The molecule has 1 fully saturated rings. The lowest BCUT2D eigenvalue weighted by Crippen LogP contribution is -2.40. The first kappa shape index (κ1) is 29.5. The number of phosphoric acid groups is 3. The van der Waals surface area contributed by atoms with Crippen LogP contribution in [-0.2, 0) is 36.3 Å². The van der Waals surface area contributed by atoms with Crippen LogP contribution in [0.25, 0.3) is 11.2 Å². The number of fused-ring (bicyclic) bond motifs is 1. The monoisotopic (exact) mass is 594 g/mol. The number of aromatic amines is 1. The summed E-state index contributed by atoms with van der Waals surface area (Å²) in [7, 11) is -16.9. The molecule has 9 N–H and O–H groups in total. The number of hydrogen-bond donors (Lipinski definition) is 8. The fraction of sp³-hybridized carbons (Fsp3) is 0.538. The van der Waals surface area contributed by atoms with Crippen molar-refractivity contribution in [3.63, 3.8) is 0 Å². The highest BCUT2D eigenvalue weighted by molar-refractivity contribution is 7.66. The summed E-state index contributed by atoms with van der Waals surface area (Å²) in [5.74, 6) is 0. The van der Waals surface area contributed by atoms with Gasteiger partial charge in [0.1, 0.15) is 12.2 Å². The number of imidazole rings is 1. The minimum atomic E-state index is -5.78.